The Hall–Kier alpha value is -4.72. The molecule has 0 unspecified atom stereocenters. The molecule has 0 radical (unpaired) electrons. The summed E-state index contributed by atoms with van der Waals surface area (Å²) in [6.45, 7) is 34.3. The van der Waals surface area contributed by atoms with Gasteiger partial charge in [-0.1, -0.05) is 182 Å². The summed E-state index contributed by atoms with van der Waals surface area (Å²) in [6, 6.07) is 24.7. The number of ether oxygens (including phenoxy) is 2. The van der Waals surface area contributed by atoms with Gasteiger partial charge in [0.2, 0.25) is 0 Å². The van der Waals surface area contributed by atoms with Crippen molar-refractivity contribution in [2.24, 2.45) is 0 Å². The van der Waals surface area contributed by atoms with Crippen LogP contribution < -0.4 is 9.47 Å². The number of rotatable bonds is 3. The summed E-state index contributed by atoms with van der Waals surface area (Å²) in [5, 5.41) is 32.1. The molecule has 6 rings (SSSR count). The third-order valence-corrected chi connectivity index (χ3v) is 12.1. The average Bonchev–Trinajstić information content (AvgIpc) is 3.16. The van der Waals surface area contributed by atoms with E-state index in [0.717, 1.165) is 61.6 Å². The van der Waals surface area contributed by atoms with Crippen molar-refractivity contribution in [3.63, 3.8) is 0 Å². The number of hydrogen-bond donors (Lipinski definition) is 2. The molecule has 5 aromatic carbocycles. The fourth-order valence-corrected chi connectivity index (χ4v) is 8.21. The number of phenols is 2. The largest absolute Gasteiger partial charge is 2.00 e. The van der Waals surface area contributed by atoms with Crippen LogP contribution in [0, 0.1) is 6.92 Å². The zero-order chi connectivity index (χ0) is 48.6. The number of urea groups is 1. The van der Waals surface area contributed by atoms with E-state index in [1.165, 1.54) is 22.3 Å². The maximum atomic E-state index is 12.1. The number of fused-ring (bicyclic) bond motifs is 8. The minimum Gasteiger partial charge on any atom is -0.665 e. The minimum absolute atomic E-state index is 0. The number of methoxy groups -OCH3 is 2. The van der Waals surface area contributed by atoms with Gasteiger partial charge in [-0.2, -0.15) is 0 Å². The Kier molecular flexibility index (Phi) is 16.5. The van der Waals surface area contributed by atoms with Gasteiger partial charge in [0, 0.05) is 25.7 Å². The minimum atomic E-state index is -0.425. The van der Waals surface area contributed by atoms with Crippen LogP contribution in [0.4, 0.5) is 10.5 Å². The van der Waals surface area contributed by atoms with Gasteiger partial charge in [0.1, 0.15) is 23.0 Å². The topological polar surface area (TPSA) is 104 Å². The van der Waals surface area contributed by atoms with Crippen LogP contribution in [0.5, 0.6) is 23.0 Å². The monoisotopic (exact) mass is 929 g/mol. The van der Waals surface area contributed by atoms with E-state index < -0.39 is 6.03 Å². The number of nitrogens with zero attached hydrogens (tertiary/aromatic N) is 2. The first-order chi connectivity index (χ1) is 29.9. The summed E-state index contributed by atoms with van der Waals surface area (Å²) in [4.78, 5) is 11.4. The Morgan fingerprint density at radius 1 is 0.470 bits per heavy atom. The second-order valence-electron chi connectivity index (χ2n) is 23.2. The number of phenolic OH excluding ortho intramolecular Hbond substituents is 2. The van der Waals surface area contributed by atoms with Gasteiger partial charge in [0.05, 0.1) is 14.2 Å². The van der Waals surface area contributed by atoms with Gasteiger partial charge in [0.25, 0.3) is 0 Å². The number of carbonyl (C=O) groups is 1. The van der Waals surface area contributed by atoms with Gasteiger partial charge in [-0.15, -0.1) is 11.2 Å². The molecule has 0 saturated heterocycles. The molecular formula is C58H76N2O5Ti. The van der Waals surface area contributed by atoms with Crippen LogP contribution in [0.2, 0.25) is 0 Å². The van der Waals surface area contributed by atoms with Crippen LogP contribution in [0.3, 0.4) is 0 Å². The van der Waals surface area contributed by atoms with E-state index in [9.17, 15) is 15.0 Å². The molecule has 0 spiro atoms. The Morgan fingerprint density at radius 3 is 0.955 bits per heavy atom. The summed E-state index contributed by atoms with van der Waals surface area (Å²) in [5.74, 6) is 2.24. The molecule has 0 saturated carbocycles. The number of aryl methyl sites for hydroxylation is 1. The molecule has 2 N–H and O–H groups in total. The predicted molar refractivity (Wildman–Crippen MR) is 271 cm³/mol. The molecule has 2 amide bonds. The van der Waals surface area contributed by atoms with Crippen LogP contribution in [0.1, 0.15) is 176 Å². The molecule has 0 fully saturated rings. The molecule has 1 aliphatic carbocycles. The zero-order valence-electron chi connectivity index (χ0n) is 43.3. The van der Waals surface area contributed by atoms with Crippen LogP contribution in [0.25, 0.3) is 10.6 Å². The Morgan fingerprint density at radius 2 is 0.727 bits per heavy atom. The molecule has 5 aromatic rings. The molecule has 1 aliphatic rings. The molecule has 0 atom stereocenters. The normalized spacial score (nSPS) is 13.1. The maximum absolute atomic E-state index is 12.1. The summed E-state index contributed by atoms with van der Waals surface area (Å²) in [7, 11) is 3.47. The van der Waals surface area contributed by atoms with Crippen molar-refractivity contribution in [1.82, 2.24) is 0 Å². The first-order valence-corrected chi connectivity index (χ1v) is 23.0. The van der Waals surface area contributed by atoms with E-state index in [1.54, 1.807) is 14.2 Å². The molecule has 0 heterocycles. The molecule has 7 nitrogen and oxygen atoms in total. The Bertz CT molecular complexity index is 2280. The number of carbonyl (C=O) groups excluding carboxylic acids is 1. The van der Waals surface area contributed by atoms with Crippen LogP contribution in [-0.4, -0.2) is 36.0 Å². The summed E-state index contributed by atoms with van der Waals surface area (Å²) < 4.78 is 12.5. The standard InChI is InChI=1S/C46H60O4.C12H17N2O.Ti/c1-43(2,3)35-19-27-15-31-23-37(45(7,8)9)25-33(41(31)49-13)17-29-21-36(44(4,5)6)22-30(40(29)48)18-34-26-38(46(10,11)12)24-32(42(34)50-14)16-28(20-35)39(27)47;1-9-5-7-10(8-6-9)13-11(15)14-12(2,3)4;/h19-26,47-48H,15-18H2,1-14H3;5-8H,1-4H3,(H-,13,14,15);/q;-1;+2/p-1. The van der Waals surface area contributed by atoms with E-state index in [1.807, 2.05) is 52.0 Å². The second-order valence-corrected chi connectivity index (χ2v) is 23.2. The van der Waals surface area contributed by atoms with Crippen LogP contribution >= 0.6 is 0 Å². The zero-order valence-corrected chi connectivity index (χ0v) is 44.8. The van der Waals surface area contributed by atoms with Gasteiger partial charge < -0.3 is 35.1 Å². The first-order valence-electron chi connectivity index (χ1n) is 23.0. The Labute approximate surface area is 412 Å². The van der Waals surface area contributed by atoms with Crippen molar-refractivity contribution in [3.05, 3.63) is 156 Å². The SMILES string of the molecule is COc1c2cc(C(C)(C)C)cc1Cc1cc(C(C)(C)C)cc(c1O)Cc1cc(C(C)(C)C)cc(c1OC)Cc1cc(C(C)(C)C)cc(c1O)C2.Cc1ccc([N-]C(=O)[N-]C(C)(C)C)cc1.[Ti+2]. The number of amides is 2. The summed E-state index contributed by atoms with van der Waals surface area (Å²) >= 11 is 0. The van der Waals surface area contributed by atoms with E-state index >= 15 is 0 Å². The molecule has 8 heteroatoms. The van der Waals surface area contributed by atoms with Crippen LogP contribution in [0.15, 0.2) is 72.8 Å². The van der Waals surface area contributed by atoms with E-state index in [0.29, 0.717) is 42.9 Å². The summed E-state index contributed by atoms with van der Waals surface area (Å²) in [5.41, 5.74) is 13.3. The van der Waals surface area contributed by atoms with Gasteiger partial charge in [0.15, 0.2) is 0 Å². The number of aromatic hydroxyl groups is 2. The summed E-state index contributed by atoms with van der Waals surface area (Å²) in [6.07, 6.45) is 2.03. The van der Waals surface area contributed by atoms with Crippen LogP contribution in [-0.2, 0) is 69.1 Å². The smallest absolute Gasteiger partial charge is 0.665 e. The first kappa shape index (κ1) is 53.9. The predicted octanol–water partition coefficient (Wildman–Crippen LogP) is 15.3. The number of hydrogen-bond acceptors (Lipinski definition) is 5. The van der Waals surface area contributed by atoms with E-state index in [-0.39, 0.29) is 48.9 Å². The van der Waals surface area contributed by atoms with Gasteiger partial charge in [-0.05, 0) is 101 Å². The van der Waals surface area contributed by atoms with Crippen molar-refractivity contribution in [2.45, 2.75) is 164 Å². The molecule has 8 bridgehead atoms. The Balaban J connectivity index is 0.000000506. The molecule has 0 aliphatic heterocycles. The van der Waals surface area contributed by atoms with Crippen molar-refractivity contribution < 1.29 is 46.2 Å². The van der Waals surface area contributed by atoms with Gasteiger partial charge in [-0.25, -0.2) is 0 Å². The van der Waals surface area contributed by atoms with Crippen molar-refractivity contribution in [2.75, 3.05) is 14.2 Å². The van der Waals surface area contributed by atoms with E-state index in [4.69, 9.17) is 9.47 Å². The third kappa shape index (κ3) is 13.5. The third-order valence-electron chi connectivity index (χ3n) is 12.1. The fraction of sp³-hybridized carbons (Fsp3) is 0.466. The maximum Gasteiger partial charge on any atom is 2.00 e. The molecular weight excluding hydrogens is 853 g/mol. The molecule has 352 valence electrons. The average molecular weight is 929 g/mol. The molecule has 0 aromatic heterocycles. The van der Waals surface area contributed by atoms with Gasteiger partial charge >= 0.3 is 21.7 Å². The van der Waals surface area contributed by atoms with Crippen molar-refractivity contribution in [1.29, 1.82) is 0 Å². The van der Waals surface area contributed by atoms with Crippen molar-refractivity contribution >= 4 is 11.7 Å². The van der Waals surface area contributed by atoms with Crippen molar-refractivity contribution in [3.8, 4) is 23.0 Å². The van der Waals surface area contributed by atoms with Gasteiger partial charge in [-0.3, -0.25) is 0 Å². The fourth-order valence-electron chi connectivity index (χ4n) is 8.21. The quantitative estimate of drug-likeness (QED) is 0.172. The number of benzene rings is 5. The molecule has 66 heavy (non-hydrogen) atoms. The van der Waals surface area contributed by atoms with E-state index in [2.05, 4.69) is 142 Å². The second kappa shape index (κ2) is 20.3.